The van der Waals surface area contributed by atoms with Crippen LogP contribution in [0.2, 0.25) is 0 Å². The van der Waals surface area contributed by atoms with E-state index < -0.39 is 0 Å². The summed E-state index contributed by atoms with van der Waals surface area (Å²) in [4.78, 5) is 0. The predicted molar refractivity (Wildman–Crippen MR) is 58.5 cm³/mol. The molecule has 2 heteroatoms. The molecule has 0 aromatic heterocycles. The predicted octanol–water partition coefficient (Wildman–Crippen LogP) is 2.79. The molecule has 1 unspecified atom stereocenters. The van der Waals surface area contributed by atoms with Gasteiger partial charge in [0.25, 0.3) is 0 Å². The van der Waals surface area contributed by atoms with Gasteiger partial charge in [-0.1, -0.05) is 13.8 Å². The summed E-state index contributed by atoms with van der Waals surface area (Å²) < 4.78 is 5.60. The zero-order chi connectivity index (χ0) is 10.1. The molecule has 0 aliphatic carbocycles. The van der Waals surface area contributed by atoms with Crippen molar-refractivity contribution in [2.24, 2.45) is 5.92 Å². The van der Waals surface area contributed by atoms with Gasteiger partial charge >= 0.3 is 0 Å². The summed E-state index contributed by atoms with van der Waals surface area (Å²) >= 11 is 0. The van der Waals surface area contributed by atoms with Crippen molar-refractivity contribution < 1.29 is 4.74 Å². The minimum absolute atomic E-state index is 0.599. The number of fused-ring (bicyclic) bond motifs is 1. The first-order chi connectivity index (χ1) is 6.68. The summed E-state index contributed by atoms with van der Waals surface area (Å²) in [6.45, 7) is 5.34. The fourth-order valence-corrected chi connectivity index (χ4v) is 2.13. The second-order valence-electron chi connectivity index (χ2n) is 4.28. The molecule has 14 heavy (non-hydrogen) atoms. The van der Waals surface area contributed by atoms with Crippen molar-refractivity contribution in [3.8, 4) is 5.75 Å². The van der Waals surface area contributed by atoms with Gasteiger partial charge in [0, 0.05) is 5.69 Å². The zero-order valence-electron chi connectivity index (χ0n) is 8.79. The monoisotopic (exact) mass is 191 g/mol. The van der Waals surface area contributed by atoms with Crippen LogP contribution in [0.3, 0.4) is 0 Å². The molecular weight excluding hydrogens is 174 g/mol. The van der Waals surface area contributed by atoms with Crippen LogP contribution >= 0.6 is 0 Å². The van der Waals surface area contributed by atoms with Crippen LogP contribution < -0.4 is 10.5 Å². The third-order valence-electron chi connectivity index (χ3n) is 2.92. The van der Waals surface area contributed by atoms with E-state index in [4.69, 9.17) is 10.5 Å². The van der Waals surface area contributed by atoms with Crippen molar-refractivity contribution in [2.45, 2.75) is 26.2 Å². The average Bonchev–Trinajstić information content (AvgIpc) is 2.16. The van der Waals surface area contributed by atoms with E-state index in [1.54, 1.807) is 0 Å². The Balaban J connectivity index is 2.41. The van der Waals surface area contributed by atoms with Crippen molar-refractivity contribution >= 4 is 5.69 Å². The van der Waals surface area contributed by atoms with E-state index in [0.717, 1.165) is 24.5 Å². The first-order valence-electron chi connectivity index (χ1n) is 5.20. The molecular formula is C12H17NO. The Bertz CT molecular complexity index is 333. The second-order valence-corrected chi connectivity index (χ2v) is 4.28. The number of nitrogens with two attached hydrogens (primary N) is 1. The molecule has 1 atom stereocenters. The van der Waals surface area contributed by atoms with Crippen LogP contribution in [0.15, 0.2) is 18.2 Å². The Kier molecular flexibility index (Phi) is 2.36. The van der Waals surface area contributed by atoms with Crippen molar-refractivity contribution in [2.75, 3.05) is 12.3 Å². The molecule has 0 amide bonds. The van der Waals surface area contributed by atoms with Gasteiger partial charge in [-0.25, -0.2) is 0 Å². The van der Waals surface area contributed by atoms with Gasteiger partial charge in [-0.3, -0.25) is 0 Å². The van der Waals surface area contributed by atoms with E-state index in [9.17, 15) is 0 Å². The Hall–Kier alpha value is -1.18. The number of hydrogen-bond acceptors (Lipinski definition) is 2. The number of benzene rings is 1. The van der Waals surface area contributed by atoms with Crippen molar-refractivity contribution in [3.05, 3.63) is 23.8 Å². The van der Waals surface area contributed by atoms with Gasteiger partial charge in [-0.15, -0.1) is 0 Å². The molecule has 0 radical (unpaired) electrons. The van der Waals surface area contributed by atoms with Crippen LogP contribution in [0.25, 0.3) is 0 Å². The molecule has 1 heterocycles. The lowest BCUT2D eigenvalue weighted by Crippen LogP contribution is -2.18. The van der Waals surface area contributed by atoms with Gasteiger partial charge < -0.3 is 10.5 Å². The highest BCUT2D eigenvalue weighted by molar-refractivity contribution is 5.50. The third-order valence-corrected chi connectivity index (χ3v) is 2.92. The van der Waals surface area contributed by atoms with E-state index in [1.165, 1.54) is 5.56 Å². The summed E-state index contributed by atoms with van der Waals surface area (Å²) in [5, 5.41) is 0. The lowest BCUT2D eigenvalue weighted by atomic mass is 9.84. The van der Waals surface area contributed by atoms with Gasteiger partial charge in [0.05, 0.1) is 6.61 Å². The first-order valence-corrected chi connectivity index (χ1v) is 5.20. The van der Waals surface area contributed by atoms with Gasteiger partial charge in [0.1, 0.15) is 5.75 Å². The lowest BCUT2D eigenvalue weighted by molar-refractivity contribution is 0.247. The number of hydrogen-bond donors (Lipinski definition) is 1. The van der Waals surface area contributed by atoms with Gasteiger partial charge in [0.2, 0.25) is 0 Å². The molecule has 1 aliphatic heterocycles. The van der Waals surface area contributed by atoms with Crippen LogP contribution in [-0.2, 0) is 0 Å². The summed E-state index contributed by atoms with van der Waals surface area (Å²) in [7, 11) is 0. The van der Waals surface area contributed by atoms with E-state index in [0.29, 0.717) is 11.8 Å². The molecule has 0 fully saturated rings. The fraction of sp³-hybridized carbons (Fsp3) is 0.500. The van der Waals surface area contributed by atoms with E-state index in [2.05, 4.69) is 19.9 Å². The normalized spacial score (nSPS) is 20.4. The van der Waals surface area contributed by atoms with E-state index in [1.807, 2.05) is 12.1 Å². The van der Waals surface area contributed by atoms with E-state index >= 15 is 0 Å². The summed E-state index contributed by atoms with van der Waals surface area (Å²) in [6, 6.07) is 5.94. The molecule has 0 bridgehead atoms. The Morgan fingerprint density at radius 2 is 2.21 bits per heavy atom. The van der Waals surface area contributed by atoms with Crippen LogP contribution in [0, 0.1) is 5.92 Å². The van der Waals surface area contributed by atoms with Crippen LogP contribution in [0.5, 0.6) is 5.75 Å². The lowest BCUT2D eigenvalue weighted by Gasteiger charge is -2.28. The van der Waals surface area contributed by atoms with Crippen LogP contribution in [0.4, 0.5) is 5.69 Å². The molecule has 1 aliphatic rings. The molecule has 0 spiro atoms. The molecule has 0 saturated carbocycles. The Morgan fingerprint density at radius 1 is 1.43 bits per heavy atom. The SMILES string of the molecule is CC(C)C1CCOc2ccc(N)cc21. The molecule has 2 rings (SSSR count). The number of nitrogen functional groups attached to an aromatic ring is 1. The standard InChI is InChI=1S/C12H17NO/c1-8(2)10-5-6-14-12-4-3-9(13)7-11(10)12/h3-4,7-8,10H,5-6,13H2,1-2H3. The molecule has 2 N–H and O–H groups in total. The minimum atomic E-state index is 0.599. The fourth-order valence-electron chi connectivity index (χ4n) is 2.13. The van der Waals surface area contributed by atoms with Crippen molar-refractivity contribution in [1.82, 2.24) is 0 Å². The Morgan fingerprint density at radius 3 is 2.93 bits per heavy atom. The minimum Gasteiger partial charge on any atom is -0.493 e. The van der Waals surface area contributed by atoms with Gasteiger partial charge in [0.15, 0.2) is 0 Å². The van der Waals surface area contributed by atoms with Gasteiger partial charge in [-0.2, -0.15) is 0 Å². The zero-order valence-corrected chi connectivity index (χ0v) is 8.79. The highest BCUT2D eigenvalue weighted by atomic mass is 16.5. The number of ether oxygens (including phenoxy) is 1. The highest BCUT2D eigenvalue weighted by Gasteiger charge is 2.23. The maximum absolute atomic E-state index is 5.79. The summed E-state index contributed by atoms with van der Waals surface area (Å²) in [5.41, 5.74) is 7.91. The maximum atomic E-state index is 5.79. The first kappa shape index (κ1) is 9.38. The largest absolute Gasteiger partial charge is 0.493 e. The quantitative estimate of drug-likeness (QED) is 0.693. The van der Waals surface area contributed by atoms with Crippen LogP contribution in [-0.4, -0.2) is 6.61 Å². The topological polar surface area (TPSA) is 35.2 Å². The highest BCUT2D eigenvalue weighted by Crippen LogP contribution is 2.38. The Labute approximate surface area is 85.1 Å². The van der Waals surface area contributed by atoms with Crippen molar-refractivity contribution in [1.29, 1.82) is 0 Å². The maximum Gasteiger partial charge on any atom is 0.122 e. The molecule has 2 nitrogen and oxygen atoms in total. The van der Waals surface area contributed by atoms with Crippen LogP contribution in [0.1, 0.15) is 31.7 Å². The molecule has 1 aromatic rings. The summed E-state index contributed by atoms with van der Waals surface area (Å²) in [6.07, 6.45) is 1.11. The smallest absolute Gasteiger partial charge is 0.122 e. The van der Waals surface area contributed by atoms with Gasteiger partial charge in [-0.05, 0) is 42.0 Å². The van der Waals surface area contributed by atoms with E-state index in [-0.39, 0.29) is 0 Å². The number of anilines is 1. The second kappa shape index (κ2) is 3.52. The third kappa shape index (κ3) is 1.57. The summed E-state index contributed by atoms with van der Waals surface area (Å²) in [5.74, 6) is 2.27. The van der Waals surface area contributed by atoms with Crippen molar-refractivity contribution in [3.63, 3.8) is 0 Å². The number of rotatable bonds is 1. The molecule has 1 aromatic carbocycles. The average molecular weight is 191 g/mol. The molecule has 0 saturated heterocycles. The molecule has 76 valence electrons.